The molecule has 0 amide bonds. The highest BCUT2D eigenvalue weighted by molar-refractivity contribution is 5.06. The largest absolute Gasteiger partial charge is 0.0654 e. The highest BCUT2D eigenvalue weighted by Crippen LogP contribution is 2.50. The molecular formula is C20H41. The molecule has 0 aliphatic heterocycles. The van der Waals surface area contributed by atoms with Crippen LogP contribution in [0.15, 0.2) is 0 Å². The lowest BCUT2D eigenvalue weighted by Crippen LogP contribution is -2.36. The maximum absolute atomic E-state index is 2.50. The van der Waals surface area contributed by atoms with E-state index in [1.807, 2.05) is 0 Å². The van der Waals surface area contributed by atoms with E-state index in [1.54, 1.807) is 5.92 Å². The molecule has 0 aromatic rings. The van der Waals surface area contributed by atoms with Gasteiger partial charge in [-0.15, -0.1) is 0 Å². The first-order valence-electron chi connectivity index (χ1n) is 9.27. The van der Waals surface area contributed by atoms with Crippen LogP contribution in [0.2, 0.25) is 0 Å². The highest BCUT2D eigenvalue weighted by atomic mass is 14.4. The van der Waals surface area contributed by atoms with Gasteiger partial charge in [-0.3, -0.25) is 0 Å². The summed E-state index contributed by atoms with van der Waals surface area (Å²) in [5.41, 5.74) is 0.507. The van der Waals surface area contributed by atoms with Gasteiger partial charge >= 0.3 is 0 Å². The lowest BCUT2D eigenvalue weighted by atomic mass is 9.59. The van der Waals surface area contributed by atoms with Crippen molar-refractivity contribution < 1.29 is 0 Å². The first-order valence-corrected chi connectivity index (χ1v) is 9.27. The van der Waals surface area contributed by atoms with Crippen molar-refractivity contribution in [1.82, 2.24) is 0 Å². The Balaban J connectivity index is 5.06. The molecule has 0 heteroatoms. The molecule has 0 nitrogen and oxygen atoms in total. The predicted octanol–water partition coefficient (Wildman–Crippen LogP) is 7.43. The topological polar surface area (TPSA) is 0 Å². The van der Waals surface area contributed by atoms with Gasteiger partial charge in [0.05, 0.1) is 0 Å². The normalized spacial score (nSPS) is 16.6. The van der Waals surface area contributed by atoms with E-state index in [2.05, 4.69) is 48.5 Å². The number of rotatable bonds is 12. The molecule has 0 saturated heterocycles. The van der Waals surface area contributed by atoms with Gasteiger partial charge in [0.15, 0.2) is 0 Å². The fourth-order valence-corrected chi connectivity index (χ4v) is 3.86. The minimum absolute atomic E-state index is 0.507. The van der Waals surface area contributed by atoms with Gasteiger partial charge in [0.25, 0.3) is 0 Å². The molecule has 2 unspecified atom stereocenters. The molecule has 2 atom stereocenters. The molecule has 0 aliphatic carbocycles. The fourth-order valence-electron chi connectivity index (χ4n) is 3.86. The molecule has 121 valence electrons. The van der Waals surface area contributed by atoms with E-state index in [0.29, 0.717) is 5.41 Å². The van der Waals surface area contributed by atoms with E-state index >= 15 is 0 Å². The van der Waals surface area contributed by atoms with Crippen molar-refractivity contribution in [3.05, 3.63) is 5.92 Å². The second kappa shape index (κ2) is 10.7. The van der Waals surface area contributed by atoms with E-state index in [-0.39, 0.29) is 0 Å². The summed E-state index contributed by atoms with van der Waals surface area (Å²) in [5.74, 6) is 3.44. The zero-order chi connectivity index (χ0) is 15.6. The zero-order valence-electron chi connectivity index (χ0n) is 15.5. The number of hydrogen-bond donors (Lipinski definition) is 0. The Kier molecular flexibility index (Phi) is 10.7. The van der Waals surface area contributed by atoms with Crippen molar-refractivity contribution in [2.24, 2.45) is 17.3 Å². The minimum Gasteiger partial charge on any atom is -0.0654 e. The summed E-state index contributed by atoms with van der Waals surface area (Å²) in [7, 11) is 0. The SMILES string of the molecule is CCCCCC(CC(C)C)([C](C)CCCC)C(C)CC. The number of unbranched alkanes of at least 4 members (excludes halogenated alkanes) is 3. The van der Waals surface area contributed by atoms with Gasteiger partial charge in [0.1, 0.15) is 0 Å². The highest BCUT2D eigenvalue weighted by Gasteiger charge is 2.40. The quantitative estimate of drug-likeness (QED) is 0.326. The van der Waals surface area contributed by atoms with Crippen LogP contribution in [0.5, 0.6) is 0 Å². The zero-order valence-corrected chi connectivity index (χ0v) is 15.5. The molecule has 20 heavy (non-hydrogen) atoms. The van der Waals surface area contributed by atoms with Crippen LogP contribution in [-0.2, 0) is 0 Å². The van der Waals surface area contributed by atoms with Gasteiger partial charge < -0.3 is 0 Å². The Bertz CT molecular complexity index is 218. The van der Waals surface area contributed by atoms with Gasteiger partial charge in [0.2, 0.25) is 0 Å². The molecule has 0 aliphatic rings. The van der Waals surface area contributed by atoms with Crippen LogP contribution in [0.25, 0.3) is 0 Å². The molecule has 0 rings (SSSR count). The van der Waals surface area contributed by atoms with Gasteiger partial charge in [-0.1, -0.05) is 87.0 Å². The fraction of sp³-hybridized carbons (Fsp3) is 0.950. The smallest absolute Gasteiger partial charge is 0.0207 e. The molecule has 0 aromatic carbocycles. The molecule has 0 fully saturated rings. The average Bonchev–Trinajstić information content (AvgIpc) is 2.42. The summed E-state index contributed by atoms with van der Waals surface area (Å²) in [5, 5.41) is 0. The molecular weight excluding hydrogens is 240 g/mol. The van der Waals surface area contributed by atoms with Crippen LogP contribution >= 0.6 is 0 Å². The van der Waals surface area contributed by atoms with E-state index in [9.17, 15) is 0 Å². The second-order valence-corrected chi connectivity index (χ2v) is 7.40. The summed E-state index contributed by atoms with van der Waals surface area (Å²) < 4.78 is 0. The Morgan fingerprint density at radius 1 is 0.900 bits per heavy atom. The molecule has 0 heterocycles. The summed E-state index contributed by atoms with van der Waals surface area (Å²) in [4.78, 5) is 0. The van der Waals surface area contributed by atoms with Gasteiger partial charge in [-0.05, 0) is 42.4 Å². The van der Waals surface area contributed by atoms with E-state index in [1.165, 1.54) is 57.8 Å². The van der Waals surface area contributed by atoms with E-state index in [4.69, 9.17) is 0 Å². The van der Waals surface area contributed by atoms with Gasteiger partial charge in [-0.2, -0.15) is 0 Å². The van der Waals surface area contributed by atoms with Crippen LogP contribution in [0.4, 0.5) is 0 Å². The second-order valence-electron chi connectivity index (χ2n) is 7.40. The third kappa shape index (κ3) is 6.19. The predicted molar refractivity (Wildman–Crippen MR) is 93.9 cm³/mol. The number of hydrogen-bond acceptors (Lipinski definition) is 0. The molecule has 0 aromatic heterocycles. The maximum atomic E-state index is 2.50. The molecule has 0 bridgehead atoms. The first-order chi connectivity index (χ1) is 9.44. The van der Waals surface area contributed by atoms with Crippen LogP contribution in [0.1, 0.15) is 106 Å². The van der Waals surface area contributed by atoms with Gasteiger partial charge in [0, 0.05) is 0 Å². The van der Waals surface area contributed by atoms with Crippen LogP contribution in [0.3, 0.4) is 0 Å². The third-order valence-electron chi connectivity index (χ3n) is 5.31. The Hall–Kier alpha value is 0. The summed E-state index contributed by atoms with van der Waals surface area (Å²) in [6, 6.07) is 0. The van der Waals surface area contributed by atoms with E-state index < -0.39 is 0 Å². The Morgan fingerprint density at radius 2 is 1.50 bits per heavy atom. The third-order valence-corrected chi connectivity index (χ3v) is 5.31. The standard InChI is InChI=1S/C20H41/c1-8-11-13-15-20(16-17(4)5,18(6)10-3)19(7)14-12-9-2/h17-18H,8-16H2,1-7H3. The van der Waals surface area contributed by atoms with Crippen LogP contribution in [0, 0.1) is 23.2 Å². The maximum Gasteiger partial charge on any atom is -0.0207 e. The van der Waals surface area contributed by atoms with Crippen molar-refractivity contribution in [2.45, 2.75) is 106 Å². The Labute approximate surface area is 130 Å². The van der Waals surface area contributed by atoms with Crippen molar-refractivity contribution >= 4 is 0 Å². The molecule has 0 saturated carbocycles. The van der Waals surface area contributed by atoms with Crippen LogP contribution < -0.4 is 0 Å². The summed E-state index contributed by atoms with van der Waals surface area (Å²) in [6.07, 6.45) is 12.3. The monoisotopic (exact) mass is 281 g/mol. The summed E-state index contributed by atoms with van der Waals surface area (Å²) >= 11 is 0. The average molecular weight is 282 g/mol. The van der Waals surface area contributed by atoms with Crippen molar-refractivity contribution in [2.75, 3.05) is 0 Å². The lowest BCUT2D eigenvalue weighted by molar-refractivity contribution is 0.121. The van der Waals surface area contributed by atoms with Crippen molar-refractivity contribution in [1.29, 1.82) is 0 Å². The summed E-state index contributed by atoms with van der Waals surface area (Å²) in [6.45, 7) is 16.8. The minimum atomic E-state index is 0.507. The Morgan fingerprint density at radius 3 is 1.95 bits per heavy atom. The molecule has 0 N–H and O–H groups in total. The lowest BCUT2D eigenvalue weighted by Gasteiger charge is -2.46. The molecule has 1 radical (unpaired) electrons. The first kappa shape index (κ1) is 20.0. The van der Waals surface area contributed by atoms with Crippen molar-refractivity contribution in [3.63, 3.8) is 0 Å². The van der Waals surface area contributed by atoms with Crippen molar-refractivity contribution in [3.8, 4) is 0 Å². The van der Waals surface area contributed by atoms with E-state index in [0.717, 1.165) is 11.8 Å². The van der Waals surface area contributed by atoms with Crippen LogP contribution in [-0.4, -0.2) is 0 Å². The van der Waals surface area contributed by atoms with Gasteiger partial charge in [-0.25, -0.2) is 0 Å². The molecule has 0 spiro atoms.